The van der Waals surface area contributed by atoms with Crippen LogP contribution in [0.3, 0.4) is 0 Å². The van der Waals surface area contributed by atoms with E-state index in [0.29, 0.717) is 17.0 Å². The maximum Gasteiger partial charge on any atom is 0.159 e. The van der Waals surface area contributed by atoms with Crippen molar-refractivity contribution in [1.29, 1.82) is 5.26 Å². The third-order valence-corrected chi connectivity index (χ3v) is 5.60. The molecular weight excluding hydrogens is 310 g/mol. The van der Waals surface area contributed by atoms with Gasteiger partial charge in [0.05, 0.1) is 11.3 Å². The molecular formula is C21H29N3O. The summed E-state index contributed by atoms with van der Waals surface area (Å²) in [6, 6.07) is 7.78. The first kappa shape index (κ1) is 17.9. The van der Waals surface area contributed by atoms with Crippen molar-refractivity contribution in [2.45, 2.75) is 45.4 Å². The Morgan fingerprint density at radius 3 is 2.60 bits per heavy atom. The monoisotopic (exact) mass is 339 g/mol. The molecule has 4 heteroatoms. The topological polar surface area (TPSA) is 47.3 Å². The van der Waals surface area contributed by atoms with Crippen LogP contribution in [-0.2, 0) is 0 Å². The second-order valence-electron chi connectivity index (χ2n) is 7.57. The molecule has 0 spiro atoms. The molecule has 25 heavy (non-hydrogen) atoms. The SMILES string of the molecule is CC(=O)c1ccc(C#N)c(N2CCCC(CN3CCCCCC3)C2)c1. The Morgan fingerprint density at radius 2 is 1.92 bits per heavy atom. The first-order valence-corrected chi connectivity index (χ1v) is 9.70. The number of carbonyl (C=O) groups is 1. The van der Waals surface area contributed by atoms with E-state index in [9.17, 15) is 10.1 Å². The van der Waals surface area contributed by atoms with Gasteiger partial charge in [-0.1, -0.05) is 12.8 Å². The number of nitrogens with zero attached hydrogens (tertiary/aromatic N) is 3. The van der Waals surface area contributed by atoms with E-state index < -0.39 is 0 Å². The summed E-state index contributed by atoms with van der Waals surface area (Å²) in [7, 11) is 0. The number of ketones is 1. The van der Waals surface area contributed by atoms with Crippen molar-refractivity contribution >= 4 is 11.5 Å². The summed E-state index contributed by atoms with van der Waals surface area (Å²) in [4.78, 5) is 16.7. The number of carbonyl (C=O) groups excluding carboxylic acids is 1. The van der Waals surface area contributed by atoms with Gasteiger partial charge in [-0.3, -0.25) is 4.79 Å². The molecule has 0 aliphatic carbocycles. The Balaban J connectivity index is 1.71. The second kappa shape index (κ2) is 8.49. The molecule has 0 N–H and O–H groups in total. The summed E-state index contributed by atoms with van der Waals surface area (Å²) in [6.45, 7) is 7.20. The number of benzene rings is 1. The summed E-state index contributed by atoms with van der Waals surface area (Å²) in [5, 5.41) is 9.47. The van der Waals surface area contributed by atoms with Crippen molar-refractivity contribution in [3.05, 3.63) is 29.3 Å². The number of Topliss-reactive ketones (excluding diaryl/α,β-unsaturated/α-hetero) is 1. The largest absolute Gasteiger partial charge is 0.370 e. The first-order chi connectivity index (χ1) is 12.2. The number of likely N-dealkylation sites (tertiary alicyclic amines) is 1. The van der Waals surface area contributed by atoms with Gasteiger partial charge in [-0.2, -0.15) is 5.26 Å². The molecule has 1 atom stereocenters. The van der Waals surface area contributed by atoms with Crippen molar-refractivity contribution in [3.8, 4) is 6.07 Å². The Hall–Kier alpha value is -1.86. The predicted molar refractivity (Wildman–Crippen MR) is 101 cm³/mol. The van der Waals surface area contributed by atoms with E-state index in [4.69, 9.17) is 0 Å². The third kappa shape index (κ3) is 4.61. The van der Waals surface area contributed by atoms with E-state index in [-0.39, 0.29) is 5.78 Å². The van der Waals surface area contributed by atoms with Crippen molar-refractivity contribution in [3.63, 3.8) is 0 Å². The number of anilines is 1. The summed E-state index contributed by atoms with van der Waals surface area (Å²) in [5.41, 5.74) is 2.32. The van der Waals surface area contributed by atoms with Crippen LogP contribution in [-0.4, -0.2) is 43.4 Å². The zero-order valence-electron chi connectivity index (χ0n) is 15.3. The normalized spacial score (nSPS) is 22.2. The van der Waals surface area contributed by atoms with Gasteiger partial charge >= 0.3 is 0 Å². The predicted octanol–water partition coefficient (Wildman–Crippen LogP) is 3.85. The lowest BCUT2D eigenvalue weighted by molar-refractivity contribution is 0.101. The van der Waals surface area contributed by atoms with Crippen LogP contribution in [0.1, 0.15) is 61.4 Å². The van der Waals surface area contributed by atoms with Crippen molar-refractivity contribution in [2.75, 3.05) is 37.6 Å². The lowest BCUT2D eigenvalue weighted by atomic mass is 9.95. The smallest absolute Gasteiger partial charge is 0.159 e. The fraction of sp³-hybridized carbons (Fsp3) is 0.619. The van der Waals surface area contributed by atoms with Gasteiger partial charge in [0.15, 0.2) is 5.78 Å². The molecule has 0 radical (unpaired) electrons. The molecule has 1 aromatic carbocycles. The van der Waals surface area contributed by atoms with E-state index in [0.717, 1.165) is 25.2 Å². The summed E-state index contributed by atoms with van der Waals surface area (Å²) < 4.78 is 0. The van der Waals surface area contributed by atoms with Crippen LogP contribution in [0.4, 0.5) is 5.69 Å². The van der Waals surface area contributed by atoms with Gasteiger partial charge < -0.3 is 9.80 Å². The quantitative estimate of drug-likeness (QED) is 0.782. The van der Waals surface area contributed by atoms with E-state index in [1.54, 1.807) is 19.1 Å². The third-order valence-electron chi connectivity index (χ3n) is 5.60. The summed E-state index contributed by atoms with van der Waals surface area (Å²) in [5.74, 6) is 0.711. The average Bonchev–Trinajstić information content (AvgIpc) is 2.90. The lowest BCUT2D eigenvalue weighted by Gasteiger charge is -2.37. The molecule has 1 aromatic rings. The highest BCUT2D eigenvalue weighted by molar-refractivity contribution is 5.95. The molecule has 2 aliphatic rings. The van der Waals surface area contributed by atoms with Gasteiger partial charge in [0.25, 0.3) is 0 Å². The highest BCUT2D eigenvalue weighted by atomic mass is 16.1. The molecule has 134 valence electrons. The number of rotatable bonds is 4. The fourth-order valence-corrected chi connectivity index (χ4v) is 4.22. The van der Waals surface area contributed by atoms with Gasteiger partial charge in [0.2, 0.25) is 0 Å². The first-order valence-electron chi connectivity index (χ1n) is 9.70. The van der Waals surface area contributed by atoms with Crippen molar-refractivity contribution < 1.29 is 4.79 Å². The minimum absolute atomic E-state index is 0.0591. The van der Waals surface area contributed by atoms with Crippen molar-refractivity contribution in [2.24, 2.45) is 5.92 Å². The van der Waals surface area contributed by atoms with Gasteiger partial charge in [0, 0.05) is 25.2 Å². The molecule has 0 amide bonds. The fourth-order valence-electron chi connectivity index (χ4n) is 4.22. The molecule has 3 rings (SSSR count). The molecule has 2 aliphatic heterocycles. The molecule has 0 saturated carbocycles. The van der Waals surface area contributed by atoms with Crippen LogP contribution >= 0.6 is 0 Å². The van der Waals surface area contributed by atoms with E-state index in [1.165, 1.54) is 51.7 Å². The summed E-state index contributed by atoms with van der Waals surface area (Å²) >= 11 is 0. The Morgan fingerprint density at radius 1 is 1.16 bits per heavy atom. The number of nitriles is 1. The molecule has 2 heterocycles. The molecule has 1 unspecified atom stereocenters. The van der Waals surface area contributed by atoms with Crippen LogP contribution < -0.4 is 4.90 Å². The number of piperidine rings is 1. The van der Waals surface area contributed by atoms with Crippen LogP contribution in [0, 0.1) is 17.2 Å². The maximum absolute atomic E-state index is 11.7. The molecule has 0 aromatic heterocycles. The minimum Gasteiger partial charge on any atom is -0.370 e. The lowest BCUT2D eigenvalue weighted by Crippen LogP contribution is -2.41. The molecule has 4 nitrogen and oxygen atoms in total. The van der Waals surface area contributed by atoms with Gasteiger partial charge in [0.1, 0.15) is 6.07 Å². The average molecular weight is 339 g/mol. The van der Waals surface area contributed by atoms with Gasteiger partial charge in [-0.25, -0.2) is 0 Å². The zero-order valence-corrected chi connectivity index (χ0v) is 15.3. The number of hydrogen-bond donors (Lipinski definition) is 0. The second-order valence-corrected chi connectivity index (χ2v) is 7.57. The van der Waals surface area contributed by atoms with E-state index in [1.807, 2.05) is 6.07 Å². The Bertz CT molecular complexity index is 641. The maximum atomic E-state index is 11.7. The molecule has 2 saturated heterocycles. The van der Waals surface area contributed by atoms with Gasteiger partial charge in [-0.15, -0.1) is 0 Å². The number of hydrogen-bond acceptors (Lipinski definition) is 4. The van der Waals surface area contributed by atoms with E-state index >= 15 is 0 Å². The Labute approximate surface area is 151 Å². The highest BCUT2D eigenvalue weighted by Gasteiger charge is 2.24. The van der Waals surface area contributed by atoms with Crippen LogP contribution in [0.15, 0.2) is 18.2 Å². The van der Waals surface area contributed by atoms with E-state index in [2.05, 4.69) is 15.9 Å². The Kier molecular flexibility index (Phi) is 6.09. The minimum atomic E-state index is 0.0591. The molecule has 0 bridgehead atoms. The van der Waals surface area contributed by atoms with Crippen LogP contribution in [0.25, 0.3) is 0 Å². The highest BCUT2D eigenvalue weighted by Crippen LogP contribution is 2.28. The zero-order chi connectivity index (χ0) is 17.6. The molecule has 2 fully saturated rings. The standard InChI is InChI=1S/C21H29N3O/c1-17(25)19-8-9-20(14-22)21(13-19)24-12-6-7-18(16-24)15-23-10-4-2-3-5-11-23/h8-9,13,18H,2-7,10-12,15-16H2,1H3. The van der Waals surface area contributed by atoms with Crippen LogP contribution in [0.2, 0.25) is 0 Å². The summed E-state index contributed by atoms with van der Waals surface area (Å²) in [6.07, 6.45) is 7.83. The van der Waals surface area contributed by atoms with Crippen molar-refractivity contribution in [1.82, 2.24) is 4.90 Å². The van der Waals surface area contributed by atoms with Crippen LogP contribution in [0.5, 0.6) is 0 Å². The van der Waals surface area contributed by atoms with Gasteiger partial charge in [-0.05, 0) is 69.8 Å².